The van der Waals surface area contributed by atoms with Crippen molar-refractivity contribution in [2.75, 3.05) is 25.0 Å². The first kappa shape index (κ1) is 14.2. The lowest BCUT2D eigenvalue weighted by atomic mass is 10.1. The molecule has 1 fully saturated rings. The summed E-state index contributed by atoms with van der Waals surface area (Å²) in [5.41, 5.74) is 0.00561. The molecule has 1 aromatic carbocycles. The molecule has 2 rings (SSSR count). The fourth-order valence-corrected chi connectivity index (χ4v) is 2.40. The number of piperidine rings is 1. The van der Waals surface area contributed by atoms with Crippen molar-refractivity contribution in [2.45, 2.75) is 19.3 Å². The van der Waals surface area contributed by atoms with E-state index in [0.717, 1.165) is 44.5 Å². The molecule has 6 heteroatoms. The largest absolute Gasteiger partial charge is 0.374 e. The van der Waals surface area contributed by atoms with Gasteiger partial charge < -0.3 is 10.2 Å². The maximum absolute atomic E-state index is 13.5. The number of halogens is 3. The average Bonchev–Trinajstić information content (AvgIpc) is 2.42. The summed E-state index contributed by atoms with van der Waals surface area (Å²) < 4.78 is 26.9. The van der Waals surface area contributed by atoms with Crippen LogP contribution >= 0.6 is 15.9 Å². The third kappa shape index (κ3) is 3.65. The lowest BCUT2D eigenvalue weighted by Crippen LogP contribution is -2.39. The second-order valence-corrected chi connectivity index (χ2v) is 5.40. The summed E-state index contributed by atoms with van der Waals surface area (Å²) >= 11 is 2.90. The van der Waals surface area contributed by atoms with E-state index in [1.165, 1.54) is 0 Å². The number of amides is 1. The van der Waals surface area contributed by atoms with Crippen molar-refractivity contribution in [3.63, 3.8) is 0 Å². The number of likely N-dealkylation sites (tertiary alicyclic amines) is 1. The van der Waals surface area contributed by atoms with Gasteiger partial charge in [-0.15, -0.1) is 0 Å². The van der Waals surface area contributed by atoms with Crippen molar-refractivity contribution in [3.05, 3.63) is 28.2 Å². The van der Waals surface area contributed by atoms with Crippen molar-refractivity contribution < 1.29 is 13.6 Å². The van der Waals surface area contributed by atoms with Gasteiger partial charge in [0.25, 0.3) is 0 Å². The molecular weight excluding hydrogens is 318 g/mol. The number of nitrogens with one attached hydrogen (secondary N) is 1. The van der Waals surface area contributed by atoms with Crippen molar-refractivity contribution in [3.8, 4) is 0 Å². The highest BCUT2D eigenvalue weighted by Gasteiger charge is 2.17. The molecular formula is C13H15BrF2N2O. The zero-order valence-corrected chi connectivity index (χ0v) is 12.0. The van der Waals surface area contributed by atoms with E-state index in [9.17, 15) is 13.6 Å². The van der Waals surface area contributed by atoms with E-state index in [1.807, 2.05) is 0 Å². The van der Waals surface area contributed by atoms with Gasteiger partial charge in [-0.25, -0.2) is 8.78 Å². The second kappa shape index (κ2) is 6.32. The van der Waals surface area contributed by atoms with Crippen LogP contribution in [-0.4, -0.2) is 30.4 Å². The fraction of sp³-hybridized carbons (Fsp3) is 0.462. The topological polar surface area (TPSA) is 32.3 Å². The van der Waals surface area contributed by atoms with Crippen LogP contribution in [-0.2, 0) is 4.79 Å². The van der Waals surface area contributed by atoms with Gasteiger partial charge in [-0.2, -0.15) is 0 Å². The molecule has 1 heterocycles. The minimum Gasteiger partial charge on any atom is -0.374 e. The predicted octanol–water partition coefficient (Wildman–Crippen LogP) is 3.15. The molecule has 3 nitrogen and oxygen atoms in total. The number of carbonyl (C=O) groups is 1. The van der Waals surface area contributed by atoms with Gasteiger partial charge in [0.2, 0.25) is 5.91 Å². The molecule has 19 heavy (non-hydrogen) atoms. The first-order valence-electron chi connectivity index (χ1n) is 6.24. The van der Waals surface area contributed by atoms with Gasteiger partial charge in [-0.05, 0) is 41.3 Å². The van der Waals surface area contributed by atoms with E-state index in [2.05, 4.69) is 21.2 Å². The fourth-order valence-electron chi connectivity index (χ4n) is 2.08. The average molecular weight is 333 g/mol. The smallest absolute Gasteiger partial charge is 0.241 e. The highest BCUT2D eigenvalue weighted by atomic mass is 79.9. The van der Waals surface area contributed by atoms with Gasteiger partial charge >= 0.3 is 0 Å². The molecule has 1 aliphatic rings. The molecule has 1 aromatic rings. The minimum absolute atomic E-state index is 0.00561. The normalized spacial score (nSPS) is 15.4. The summed E-state index contributed by atoms with van der Waals surface area (Å²) in [5, 5.41) is 2.65. The Morgan fingerprint density at radius 3 is 2.58 bits per heavy atom. The quantitative estimate of drug-likeness (QED) is 0.862. The van der Waals surface area contributed by atoms with E-state index in [-0.39, 0.29) is 22.6 Å². The van der Waals surface area contributed by atoms with E-state index in [4.69, 9.17) is 0 Å². The monoisotopic (exact) mass is 332 g/mol. The minimum atomic E-state index is -0.584. The lowest BCUT2D eigenvalue weighted by Gasteiger charge is -2.26. The number of carbonyl (C=O) groups excluding carboxylic acids is 1. The summed E-state index contributed by atoms with van der Waals surface area (Å²) in [6.07, 6.45) is 3.16. The Balaban J connectivity index is 1.94. The van der Waals surface area contributed by atoms with Crippen LogP contribution in [0.2, 0.25) is 0 Å². The Bertz CT molecular complexity index is 476. The third-order valence-corrected chi connectivity index (χ3v) is 3.76. The molecule has 0 bridgehead atoms. The Morgan fingerprint density at radius 1 is 1.21 bits per heavy atom. The molecule has 0 radical (unpaired) electrons. The molecule has 0 aromatic heterocycles. The maximum Gasteiger partial charge on any atom is 0.241 e. The first-order chi connectivity index (χ1) is 9.08. The number of anilines is 1. The number of hydrogen-bond donors (Lipinski definition) is 1. The summed E-state index contributed by atoms with van der Waals surface area (Å²) in [7, 11) is 0. The number of rotatable bonds is 3. The van der Waals surface area contributed by atoms with Gasteiger partial charge in [0.05, 0.1) is 16.7 Å². The molecule has 1 N–H and O–H groups in total. The second-order valence-electron chi connectivity index (χ2n) is 4.54. The van der Waals surface area contributed by atoms with E-state index < -0.39 is 11.6 Å². The Hall–Kier alpha value is -1.17. The highest BCUT2D eigenvalue weighted by molar-refractivity contribution is 9.10. The van der Waals surface area contributed by atoms with E-state index in [0.29, 0.717) is 0 Å². The van der Waals surface area contributed by atoms with Gasteiger partial charge in [-0.1, -0.05) is 0 Å². The molecule has 1 saturated heterocycles. The van der Waals surface area contributed by atoms with Crippen molar-refractivity contribution in [1.82, 2.24) is 4.90 Å². The summed E-state index contributed by atoms with van der Waals surface area (Å²) in [5.74, 6) is -1.23. The van der Waals surface area contributed by atoms with Crippen LogP contribution in [0.15, 0.2) is 16.6 Å². The summed E-state index contributed by atoms with van der Waals surface area (Å²) in [6, 6.07) is 2.09. The first-order valence-corrected chi connectivity index (χ1v) is 7.03. The molecule has 1 aliphatic heterocycles. The molecule has 0 aliphatic carbocycles. The van der Waals surface area contributed by atoms with Crippen molar-refractivity contribution in [2.24, 2.45) is 0 Å². The third-order valence-electron chi connectivity index (χ3n) is 3.15. The zero-order valence-electron chi connectivity index (χ0n) is 10.4. The van der Waals surface area contributed by atoms with Gasteiger partial charge in [0.15, 0.2) is 0 Å². The van der Waals surface area contributed by atoms with Crippen LogP contribution in [0.25, 0.3) is 0 Å². The Morgan fingerprint density at radius 2 is 1.89 bits per heavy atom. The molecule has 0 atom stereocenters. The molecule has 104 valence electrons. The van der Waals surface area contributed by atoms with E-state index >= 15 is 0 Å². The Kier molecular flexibility index (Phi) is 4.74. The number of benzene rings is 1. The number of hydrogen-bond acceptors (Lipinski definition) is 2. The van der Waals surface area contributed by atoms with Crippen molar-refractivity contribution in [1.29, 1.82) is 0 Å². The van der Waals surface area contributed by atoms with Gasteiger partial charge in [-0.3, -0.25) is 4.79 Å². The number of nitrogens with zero attached hydrogens (tertiary/aromatic N) is 1. The van der Waals surface area contributed by atoms with Crippen LogP contribution in [0.4, 0.5) is 14.5 Å². The SMILES string of the molecule is O=C(CNc1cc(F)c(Br)cc1F)N1CCCCC1. The lowest BCUT2D eigenvalue weighted by molar-refractivity contribution is -0.130. The van der Waals surface area contributed by atoms with E-state index in [1.54, 1.807) is 4.90 Å². The highest BCUT2D eigenvalue weighted by Crippen LogP contribution is 2.23. The van der Waals surface area contributed by atoms with Crippen LogP contribution < -0.4 is 5.32 Å². The Labute approximate surface area is 119 Å². The van der Waals surface area contributed by atoms with Gasteiger partial charge in [0, 0.05) is 19.2 Å². The standard InChI is InChI=1S/C13H15BrF2N2O/c14-9-6-11(16)12(7-10(9)15)17-8-13(19)18-4-2-1-3-5-18/h6-7,17H,1-5,8H2. The molecule has 0 saturated carbocycles. The maximum atomic E-state index is 13.5. The van der Waals surface area contributed by atoms with Gasteiger partial charge in [0.1, 0.15) is 11.6 Å². The molecule has 1 amide bonds. The summed E-state index contributed by atoms with van der Waals surface area (Å²) in [6.45, 7) is 1.48. The van der Waals surface area contributed by atoms with Crippen LogP contribution in [0, 0.1) is 11.6 Å². The van der Waals surface area contributed by atoms with Crippen LogP contribution in [0.5, 0.6) is 0 Å². The molecule has 0 unspecified atom stereocenters. The summed E-state index contributed by atoms with van der Waals surface area (Å²) in [4.78, 5) is 13.6. The van der Waals surface area contributed by atoms with Crippen LogP contribution in [0.3, 0.4) is 0 Å². The van der Waals surface area contributed by atoms with Crippen molar-refractivity contribution >= 4 is 27.5 Å². The predicted molar refractivity (Wildman–Crippen MR) is 73.0 cm³/mol. The van der Waals surface area contributed by atoms with Crippen LogP contribution in [0.1, 0.15) is 19.3 Å². The zero-order chi connectivity index (χ0) is 13.8. The molecule has 0 spiro atoms.